The molecule has 0 saturated heterocycles. The van der Waals surface area contributed by atoms with Crippen LogP contribution in [0.2, 0.25) is 0 Å². The molecule has 18 heavy (non-hydrogen) atoms. The predicted octanol–water partition coefficient (Wildman–Crippen LogP) is 2.95. The van der Waals surface area contributed by atoms with E-state index in [0.717, 1.165) is 17.5 Å². The molecule has 1 aromatic heterocycles. The van der Waals surface area contributed by atoms with Crippen LogP contribution in [0.4, 0.5) is 5.69 Å². The predicted molar refractivity (Wildman–Crippen MR) is 79.7 cm³/mol. The summed E-state index contributed by atoms with van der Waals surface area (Å²) in [5, 5.41) is 3.57. The molecule has 3 unspecified atom stereocenters. The number of rotatable bonds is 3. The Morgan fingerprint density at radius 2 is 2.17 bits per heavy atom. The van der Waals surface area contributed by atoms with Gasteiger partial charge in [-0.3, -0.25) is 4.98 Å². The van der Waals surface area contributed by atoms with E-state index in [1.165, 1.54) is 19.3 Å². The molecule has 3 atom stereocenters. The SMILES string of the molecule is CC1CCC(Nc2ccnc(C(N)=S)c2)CC1C. The zero-order valence-electron chi connectivity index (χ0n) is 11.0. The minimum Gasteiger partial charge on any atom is -0.388 e. The molecule has 1 aliphatic carbocycles. The third-order valence-electron chi connectivity index (χ3n) is 3.98. The van der Waals surface area contributed by atoms with Crippen LogP contribution in [0, 0.1) is 11.8 Å². The van der Waals surface area contributed by atoms with Crippen LogP contribution in [0.5, 0.6) is 0 Å². The van der Waals surface area contributed by atoms with Crippen molar-refractivity contribution in [2.75, 3.05) is 5.32 Å². The summed E-state index contributed by atoms with van der Waals surface area (Å²) in [5.74, 6) is 1.63. The number of pyridine rings is 1. The van der Waals surface area contributed by atoms with Gasteiger partial charge in [-0.2, -0.15) is 0 Å². The molecule has 1 aliphatic rings. The van der Waals surface area contributed by atoms with Crippen molar-refractivity contribution < 1.29 is 0 Å². The lowest BCUT2D eigenvalue weighted by Gasteiger charge is -2.33. The highest BCUT2D eigenvalue weighted by Crippen LogP contribution is 2.30. The number of thiocarbonyl (C=S) groups is 1. The first kappa shape index (κ1) is 13.3. The Labute approximate surface area is 114 Å². The van der Waals surface area contributed by atoms with Crippen LogP contribution in [0.3, 0.4) is 0 Å². The van der Waals surface area contributed by atoms with Gasteiger partial charge in [-0.25, -0.2) is 0 Å². The first-order chi connectivity index (χ1) is 8.56. The van der Waals surface area contributed by atoms with Crippen molar-refractivity contribution in [1.82, 2.24) is 4.98 Å². The number of nitrogens with two attached hydrogens (primary N) is 1. The molecule has 0 radical (unpaired) electrons. The van der Waals surface area contributed by atoms with E-state index in [1.54, 1.807) is 6.20 Å². The average Bonchev–Trinajstić information content (AvgIpc) is 2.34. The normalized spacial score (nSPS) is 27.8. The van der Waals surface area contributed by atoms with Gasteiger partial charge in [-0.15, -0.1) is 0 Å². The molecular weight excluding hydrogens is 242 g/mol. The van der Waals surface area contributed by atoms with Crippen molar-refractivity contribution in [2.45, 2.75) is 39.2 Å². The van der Waals surface area contributed by atoms with Crippen molar-refractivity contribution >= 4 is 22.9 Å². The second-order valence-corrected chi connectivity index (χ2v) is 5.84. The van der Waals surface area contributed by atoms with Gasteiger partial charge in [0, 0.05) is 17.9 Å². The molecule has 98 valence electrons. The molecule has 0 aromatic carbocycles. The monoisotopic (exact) mass is 263 g/mol. The highest BCUT2D eigenvalue weighted by molar-refractivity contribution is 7.80. The van der Waals surface area contributed by atoms with E-state index < -0.39 is 0 Å². The summed E-state index contributed by atoms with van der Waals surface area (Å²) >= 11 is 4.95. The molecule has 0 bridgehead atoms. The summed E-state index contributed by atoms with van der Waals surface area (Å²) in [5.41, 5.74) is 7.35. The van der Waals surface area contributed by atoms with Crippen molar-refractivity contribution in [2.24, 2.45) is 17.6 Å². The van der Waals surface area contributed by atoms with Crippen molar-refractivity contribution in [3.8, 4) is 0 Å². The number of aromatic nitrogens is 1. The highest BCUT2D eigenvalue weighted by atomic mass is 32.1. The molecule has 0 spiro atoms. The third kappa shape index (κ3) is 3.19. The minimum absolute atomic E-state index is 0.351. The molecule has 1 saturated carbocycles. The van der Waals surface area contributed by atoms with E-state index in [1.807, 2.05) is 12.1 Å². The Balaban J connectivity index is 2.01. The maximum Gasteiger partial charge on any atom is 0.122 e. The third-order valence-corrected chi connectivity index (χ3v) is 4.19. The molecule has 1 aromatic rings. The fourth-order valence-electron chi connectivity index (χ4n) is 2.57. The van der Waals surface area contributed by atoms with Crippen LogP contribution in [0.15, 0.2) is 18.3 Å². The maximum absolute atomic E-state index is 5.60. The maximum atomic E-state index is 5.60. The van der Waals surface area contributed by atoms with Crippen molar-refractivity contribution in [3.63, 3.8) is 0 Å². The van der Waals surface area contributed by atoms with Gasteiger partial charge in [0.25, 0.3) is 0 Å². The van der Waals surface area contributed by atoms with E-state index in [2.05, 4.69) is 24.1 Å². The summed E-state index contributed by atoms with van der Waals surface area (Å²) in [6.07, 6.45) is 5.51. The van der Waals surface area contributed by atoms with Crippen molar-refractivity contribution in [3.05, 3.63) is 24.0 Å². The van der Waals surface area contributed by atoms with Gasteiger partial charge in [0.1, 0.15) is 4.99 Å². The molecule has 0 amide bonds. The van der Waals surface area contributed by atoms with E-state index in [9.17, 15) is 0 Å². The number of hydrogen-bond acceptors (Lipinski definition) is 3. The Bertz CT molecular complexity index is 433. The first-order valence-electron chi connectivity index (χ1n) is 6.58. The van der Waals surface area contributed by atoms with Crippen LogP contribution in [0.25, 0.3) is 0 Å². The number of nitrogens with one attached hydrogen (secondary N) is 1. The van der Waals surface area contributed by atoms with Gasteiger partial charge in [0.2, 0.25) is 0 Å². The molecule has 3 N–H and O–H groups in total. The molecule has 2 rings (SSSR count). The molecule has 0 aliphatic heterocycles. The van der Waals surface area contributed by atoms with Crippen LogP contribution in [0.1, 0.15) is 38.8 Å². The minimum atomic E-state index is 0.351. The lowest BCUT2D eigenvalue weighted by atomic mass is 9.79. The Morgan fingerprint density at radius 1 is 1.39 bits per heavy atom. The van der Waals surface area contributed by atoms with E-state index in [0.29, 0.717) is 16.7 Å². The smallest absolute Gasteiger partial charge is 0.122 e. The number of anilines is 1. The van der Waals surface area contributed by atoms with Crippen LogP contribution in [-0.4, -0.2) is 16.0 Å². The summed E-state index contributed by atoms with van der Waals surface area (Å²) in [6.45, 7) is 4.68. The van der Waals surface area contributed by atoms with Gasteiger partial charge in [-0.05, 0) is 43.2 Å². The Kier molecular flexibility index (Phi) is 4.17. The first-order valence-corrected chi connectivity index (χ1v) is 6.99. The molecular formula is C14H21N3S. The fraction of sp³-hybridized carbons (Fsp3) is 0.571. The number of hydrogen-bond donors (Lipinski definition) is 2. The second kappa shape index (κ2) is 5.65. The van der Waals surface area contributed by atoms with Crippen LogP contribution >= 0.6 is 12.2 Å². The zero-order chi connectivity index (χ0) is 13.1. The summed E-state index contributed by atoms with van der Waals surface area (Å²) in [6, 6.07) is 4.47. The second-order valence-electron chi connectivity index (χ2n) is 5.40. The van der Waals surface area contributed by atoms with Crippen LogP contribution < -0.4 is 11.1 Å². The Morgan fingerprint density at radius 3 is 2.83 bits per heavy atom. The topological polar surface area (TPSA) is 50.9 Å². The van der Waals surface area contributed by atoms with Crippen molar-refractivity contribution in [1.29, 1.82) is 0 Å². The average molecular weight is 263 g/mol. The quantitative estimate of drug-likeness (QED) is 0.823. The van der Waals surface area contributed by atoms with Gasteiger partial charge in [0.05, 0.1) is 5.69 Å². The van der Waals surface area contributed by atoms with E-state index in [-0.39, 0.29) is 0 Å². The van der Waals surface area contributed by atoms with Gasteiger partial charge in [0.15, 0.2) is 0 Å². The standard InChI is InChI=1S/C14H21N3S/c1-9-3-4-11(7-10(9)2)17-12-5-6-16-13(8-12)14(15)18/h5-6,8-11H,3-4,7H2,1-2H3,(H2,15,18)(H,16,17). The molecule has 1 heterocycles. The number of nitrogens with zero attached hydrogens (tertiary/aromatic N) is 1. The Hall–Kier alpha value is -1.16. The molecule has 1 fully saturated rings. The zero-order valence-corrected chi connectivity index (χ0v) is 11.8. The fourth-order valence-corrected chi connectivity index (χ4v) is 2.68. The summed E-state index contributed by atoms with van der Waals surface area (Å²) in [7, 11) is 0. The van der Waals surface area contributed by atoms with Gasteiger partial charge >= 0.3 is 0 Å². The van der Waals surface area contributed by atoms with Gasteiger partial charge in [-0.1, -0.05) is 26.1 Å². The van der Waals surface area contributed by atoms with Gasteiger partial charge < -0.3 is 11.1 Å². The van der Waals surface area contributed by atoms with Crippen LogP contribution in [-0.2, 0) is 0 Å². The van der Waals surface area contributed by atoms with E-state index in [4.69, 9.17) is 18.0 Å². The molecule has 4 heteroatoms. The molecule has 3 nitrogen and oxygen atoms in total. The van der Waals surface area contributed by atoms with E-state index >= 15 is 0 Å². The lowest BCUT2D eigenvalue weighted by molar-refractivity contribution is 0.261. The largest absolute Gasteiger partial charge is 0.388 e. The summed E-state index contributed by atoms with van der Waals surface area (Å²) < 4.78 is 0. The summed E-state index contributed by atoms with van der Waals surface area (Å²) in [4.78, 5) is 4.50. The lowest BCUT2D eigenvalue weighted by Crippen LogP contribution is -2.30. The highest BCUT2D eigenvalue weighted by Gasteiger charge is 2.24.